The van der Waals surface area contributed by atoms with Gasteiger partial charge < -0.3 is 25.8 Å². The largest absolute Gasteiger partial charge is 0.497 e. The van der Waals surface area contributed by atoms with Crippen LogP contribution in [0.4, 0.5) is 23.7 Å². The van der Waals surface area contributed by atoms with Crippen molar-refractivity contribution >= 4 is 17.7 Å². The van der Waals surface area contributed by atoms with Crippen molar-refractivity contribution in [1.82, 2.24) is 4.90 Å². The van der Waals surface area contributed by atoms with Gasteiger partial charge in [-0.3, -0.25) is 0 Å². The molecule has 3 atom stereocenters. The highest BCUT2D eigenvalue weighted by molar-refractivity contribution is 6.00. The highest BCUT2D eigenvalue weighted by atomic mass is 19.4. The Bertz CT molecular complexity index is 1090. The Morgan fingerprint density at radius 2 is 1.97 bits per heavy atom. The number of likely N-dealkylation sites (tertiary alicyclic amines) is 1. The molecule has 0 bridgehead atoms. The van der Waals surface area contributed by atoms with E-state index in [-0.39, 0.29) is 41.7 Å². The molecule has 33 heavy (non-hydrogen) atoms. The zero-order valence-electron chi connectivity index (χ0n) is 17.9. The maximum Gasteiger partial charge on any atom is 0.416 e. The third-order valence-electron chi connectivity index (χ3n) is 6.63. The number of alkyl halides is 3. The number of nitrogens with zero attached hydrogens (tertiary/aromatic N) is 1. The summed E-state index contributed by atoms with van der Waals surface area (Å²) < 4.78 is 45.4. The van der Waals surface area contributed by atoms with Crippen LogP contribution in [-0.4, -0.2) is 47.7 Å². The molecule has 2 aromatic carbocycles. The van der Waals surface area contributed by atoms with Gasteiger partial charge in [-0.15, -0.1) is 0 Å². The van der Waals surface area contributed by atoms with Gasteiger partial charge in [0.15, 0.2) is 0 Å². The fourth-order valence-corrected chi connectivity index (χ4v) is 5.06. The lowest BCUT2D eigenvalue weighted by molar-refractivity contribution is -0.138. The molecule has 1 saturated carbocycles. The van der Waals surface area contributed by atoms with Gasteiger partial charge in [0, 0.05) is 18.6 Å². The summed E-state index contributed by atoms with van der Waals surface area (Å²) in [7, 11) is 1.41. The molecule has 0 radical (unpaired) electrons. The molecule has 4 N–H and O–H groups in total. The average molecular weight is 463 g/mol. The zero-order chi connectivity index (χ0) is 24.0. The summed E-state index contributed by atoms with van der Waals surface area (Å²) in [6.45, 7) is 0.457. The fourth-order valence-electron chi connectivity index (χ4n) is 5.06. The van der Waals surface area contributed by atoms with Crippen LogP contribution in [0.3, 0.4) is 0 Å². The molecule has 2 aromatic rings. The van der Waals surface area contributed by atoms with E-state index in [1.807, 2.05) is 0 Å². The number of methoxy groups -OCH3 is 1. The highest BCUT2D eigenvalue weighted by Gasteiger charge is 2.52. The number of halogens is 3. The molecule has 4 rings (SSSR count). The number of rotatable bonds is 4. The van der Waals surface area contributed by atoms with Gasteiger partial charge in [-0.1, -0.05) is 18.2 Å². The third kappa shape index (κ3) is 4.35. The van der Waals surface area contributed by atoms with Crippen LogP contribution < -0.4 is 15.8 Å². The molecular weight excluding hydrogens is 439 g/mol. The zero-order valence-corrected chi connectivity index (χ0v) is 17.9. The van der Waals surface area contributed by atoms with E-state index in [1.54, 1.807) is 6.07 Å². The first-order chi connectivity index (χ1) is 15.5. The van der Waals surface area contributed by atoms with Crippen molar-refractivity contribution < 1.29 is 32.6 Å². The molecule has 0 aromatic heterocycles. The van der Waals surface area contributed by atoms with Crippen LogP contribution in [0, 0.1) is 5.92 Å². The van der Waals surface area contributed by atoms with E-state index >= 15 is 0 Å². The van der Waals surface area contributed by atoms with Crippen molar-refractivity contribution in [2.24, 2.45) is 11.7 Å². The Labute approximate surface area is 188 Å². The molecule has 2 aliphatic rings. The first kappa shape index (κ1) is 22.9. The smallest absolute Gasteiger partial charge is 0.416 e. The molecule has 7 nitrogen and oxygen atoms in total. The van der Waals surface area contributed by atoms with Crippen LogP contribution in [0.1, 0.15) is 40.2 Å². The molecule has 176 valence electrons. The summed E-state index contributed by atoms with van der Waals surface area (Å²) in [4.78, 5) is 25.9. The van der Waals surface area contributed by atoms with E-state index in [0.717, 1.165) is 6.07 Å². The standard InChI is InChI=1S/C23H24F3N3O4/c1-33-15-6-7-19(17(9-15)20(30)31)28-21(32)29-11-14-8-13(10-22(14,27)12-29)16-4-2-3-5-18(16)23(24,25)26/h2-7,9,13-14H,8,10-12,27H2,1H3,(H,28,32)(H,30,31)/t13?,14-,22-/m1/s1. The average Bonchev–Trinajstić information content (AvgIpc) is 3.25. The van der Waals surface area contributed by atoms with Crippen LogP contribution in [0.2, 0.25) is 0 Å². The Balaban J connectivity index is 1.47. The summed E-state index contributed by atoms with van der Waals surface area (Å²) in [5, 5.41) is 12.0. The predicted molar refractivity (Wildman–Crippen MR) is 114 cm³/mol. The second-order valence-corrected chi connectivity index (χ2v) is 8.68. The number of nitrogens with two attached hydrogens (primary N) is 1. The van der Waals surface area contributed by atoms with E-state index in [4.69, 9.17) is 10.5 Å². The van der Waals surface area contributed by atoms with E-state index in [2.05, 4.69) is 5.32 Å². The highest BCUT2D eigenvalue weighted by Crippen LogP contribution is 2.50. The molecule has 1 aliphatic heterocycles. The van der Waals surface area contributed by atoms with E-state index < -0.39 is 29.3 Å². The van der Waals surface area contributed by atoms with Crippen LogP contribution in [-0.2, 0) is 6.18 Å². The van der Waals surface area contributed by atoms with Gasteiger partial charge in [0.05, 0.1) is 23.9 Å². The number of fused-ring (bicyclic) bond motifs is 1. The number of benzene rings is 2. The van der Waals surface area contributed by atoms with Crippen molar-refractivity contribution in [3.63, 3.8) is 0 Å². The fraction of sp³-hybridized carbons (Fsp3) is 0.391. The number of carbonyl (C=O) groups is 2. The van der Waals surface area contributed by atoms with E-state index in [1.165, 1.54) is 42.3 Å². The minimum absolute atomic E-state index is 0.117. The molecule has 2 amide bonds. The van der Waals surface area contributed by atoms with Gasteiger partial charge in [0.25, 0.3) is 0 Å². The molecule has 1 saturated heterocycles. The molecule has 2 fully saturated rings. The maximum absolute atomic E-state index is 13.5. The molecule has 1 aliphatic carbocycles. The SMILES string of the molecule is COc1ccc(NC(=O)N2C[C@H]3CC(c4ccccc4C(F)(F)F)C[C@@]3(N)C2)c(C(=O)O)c1. The minimum atomic E-state index is -4.44. The van der Waals surface area contributed by atoms with Gasteiger partial charge in [-0.25, -0.2) is 9.59 Å². The summed E-state index contributed by atoms with van der Waals surface area (Å²) in [6.07, 6.45) is -3.67. The van der Waals surface area contributed by atoms with Gasteiger partial charge in [0.2, 0.25) is 0 Å². The number of hydrogen-bond donors (Lipinski definition) is 3. The number of anilines is 1. The first-order valence-electron chi connectivity index (χ1n) is 10.4. The van der Waals surface area contributed by atoms with Crippen LogP contribution in [0.15, 0.2) is 42.5 Å². The van der Waals surface area contributed by atoms with Crippen molar-refractivity contribution in [2.75, 3.05) is 25.5 Å². The summed E-state index contributed by atoms with van der Waals surface area (Å²) >= 11 is 0. The Kier molecular flexibility index (Phi) is 5.73. The second-order valence-electron chi connectivity index (χ2n) is 8.68. The van der Waals surface area contributed by atoms with E-state index in [9.17, 15) is 27.9 Å². The summed E-state index contributed by atoms with van der Waals surface area (Å²) in [5.41, 5.74) is 5.36. The molecule has 1 unspecified atom stereocenters. The molecule has 10 heteroatoms. The van der Waals surface area contributed by atoms with Crippen molar-refractivity contribution in [3.8, 4) is 5.75 Å². The third-order valence-corrected chi connectivity index (χ3v) is 6.63. The number of carbonyl (C=O) groups excluding carboxylic acids is 1. The van der Waals surface area contributed by atoms with Gasteiger partial charge in [0.1, 0.15) is 5.75 Å². The normalized spacial score (nSPS) is 24.5. The number of carboxylic acid groups (broad SMARTS) is 1. The van der Waals surface area contributed by atoms with Crippen LogP contribution >= 0.6 is 0 Å². The Morgan fingerprint density at radius 3 is 2.61 bits per heavy atom. The number of urea groups is 1. The number of ether oxygens (including phenoxy) is 1. The summed E-state index contributed by atoms with van der Waals surface area (Å²) in [6, 6.07) is 9.33. The first-order valence-corrected chi connectivity index (χ1v) is 10.4. The van der Waals surface area contributed by atoms with Crippen molar-refractivity contribution in [3.05, 3.63) is 59.2 Å². The number of aromatic carboxylic acids is 1. The van der Waals surface area contributed by atoms with E-state index in [0.29, 0.717) is 18.6 Å². The lowest BCUT2D eigenvalue weighted by Gasteiger charge is -2.25. The minimum Gasteiger partial charge on any atom is -0.497 e. The van der Waals surface area contributed by atoms with Crippen molar-refractivity contribution in [2.45, 2.75) is 30.5 Å². The van der Waals surface area contributed by atoms with Crippen molar-refractivity contribution in [1.29, 1.82) is 0 Å². The Morgan fingerprint density at radius 1 is 1.24 bits per heavy atom. The lowest BCUT2D eigenvalue weighted by atomic mass is 9.90. The predicted octanol–water partition coefficient (Wildman–Crippen LogP) is 4.15. The van der Waals surface area contributed by atoms with Gasteiger partial charge >= 0.3 is 18.2 Å². The number of hydrogen-bond acceptors (Lipinski definition) is 4. The topological polar surface area (TPSA) is 105 Å². The quantitative estimate of drug-likeness (QED) is 0.632. The maximum atomic E-state index is 13.5. The number of amides is 2. The van der Waals surface area contributed by atoms with Crippen LogP contribution in [0.25, 0.3) is 0 Å². The number of nitrogens with one attached hydrogen (secondary N) is 1. The second kappa shape index (κ2) is 8.26. The van der Waals surface area contributed by atoms with Gasteiger partial charge in [-0.05, 0) is 54.5 Å². The molecule has 1 heterocycles. The number of carboxylic acids is 1. The summed E-state index contributed by atoms with van der Waals surface area (Å²) in [5.74, 6) is -1.39. The van der Waals surface area contributed by atoms with Crippen LogP contribution in [0.5, 0.6) is 5.75 Å². The Hall–Kier alpha value is -3.27. The molecular formula is C23H24F3N3O4. The monoisotopic (exact) mass is 463 g/mol. The lowest BCUT2D eigenvalue weighted by Crippen LogP contribution is -2.45. The molecule has 0 spiro atoms. The van der Waals surface area contributed by atoms with Gasteiger partial charge in [-0.2, -0.15) is 13.2 Å².